The molecule has 6 heteroatoms. The number of ether oxygens (including phenoxy) is 1. The van der Waals surface area contributed by atoms with E-state index in [2.05, 4.69) is 21.9 Å². The number of nitrogens with one attached hydrogen (secondary N) is 2. The fraction of sp³-hybridized carbons (Fsp3) is 0.118. The van der Waals surface area contributed by atoms with Crippen molar-refractivity contribution in [2.75, 3.05) is 12.4 Å². The summed E-state index contributed by atoms with van der Waals surface area (Å²) in [5.41, 5.74) is 5.91. The van der Waals surface area contributed by atoms with Crippen molar-refractivity contribution >= 4 is 28.7 Å². The van der Waals surface area contributed by atoms with Gasteiger partial charge >= 0.3 is 0 Å². The van der Waals surface area contributed by atoms with E-state index in [4.69, 9.17) is 22.2 Å². The molecule has 2 rings (SSSR count). The highest BCUT2D eigenvalue weighted by atomic mass is 32.1. The highest BCUT2D eigenvalue weighted by molar-refractivity contribution is 7.80. The first kappa shape index (κ1) is 16.5. The Morgan fingerprint density at radius 1 is 1.22 bits per heavy atom. The van der Waals surface area contributed by atoms with Gasteiger partial charge in [0, 0.05) is 11.8 Å². The molecule has 2 aromatic rings. The van der Waals surface area contributed by atoms with Gasteiger partial charge in [-0.3, -0.25) is 5.43 Å². The number of hydrazone groups is 1. The smallest absolute Gasteiger partial charge is 0.191 e. The number of rotatable bonds is 4. The van der Waals surface area contributed by atoms with Crippen LogP contribution in [0.4, 0.5) is 5.69 Å². The molecule has 0 aliphatic heterocycles. The third-order valence-corrected chi connectivity index (χ3v) is 3.28. The third-order valence-electron chi connectivity index (χ3n) is 3.08. The molecule has 5 nitrogen and oxygen atoms in total. The van der Waals surface area contributed by atoms with Gasteiger partial charge in [0.15, 0.2) is 5.11 Å². The van der Waals surface area contributed by atoms with Gasteiger partial charge < -0.3 is 10.1 Å². The van der Waals surface area contributed by atoms with Crippen molar-refractivity contribution in [3.8, 4) is 11.8 Å². The van der Waals surface area contributed by atoms with E-state index in [1.165, 1.54) is 0 Å². The first-order valence-corrected chi connectivity index (χ1v) is 7.29. The summed E-state index contributed by atoms with van der Waals surface area (Å²) in [5.74, 6) is 0.745. The zero-order chi connectivity index (χ0) is 16.7. The van der Waals surface area contributed by atoms with E-state index in [-0.39, 0.29) is 0 Å². The zero-order valence-corrected chi connectivity index (χ0v) is 13.6. The molecular weight excluding hydrogens is 308 g/mol. The number of anilines is 1. The minimum Gasteiger partial charge on any atom is -0.497 e. The molecule has 0 aliphatic carbocycles. The zero-order valence-electron chi connectivity index (χ0n) is 12.8. The molecule has 0 heterocycles. The minimum atomic E-state index is 0.381. The van der Waals surface area contributed by atoms with Crippen molar-refractivity contribution in [3.05, 3.63) is 59.7 Å². The van der Waals surface area contributed by atoms with Gasteiger partial charge in [-0.15, -0.1) is 0 Å². The van der Waals surface area contributed by atoms with Gasteiger partial charge in [-0.2, -0.15) is 10.4 Å². The molecule has 0 saturated heterocycles. The number of hydrogen-bond acceptors (Lipinski definition) is 4. The van der Waals surface area contributed by atoms with Gasteiger partial charge in [-0.05, 0) is 49.0 Å². The lowest BCUT2D eigenvalue weighted by molar-refractivity contribution is 0.415. The van der Waals surface area contributed by atoms with Gasteiger partial charge in [-0.1, -0.05) is 18.2 Å². The Morgan fingerprint density at radius 2 is 1.96 bits per heavy atom. The van der Waals surface area contributed by atoms with Gasteiger partial charge in [0.25, 0.3) is 0 Å². The van der Waals surface area contributed by atoms with Crippen molar-refractivity contribution in [1.29, 1.82) is 5.26 Å². The van der Waals surface area contributed by atoms with Crippen molar-refractivity contribution in [3.63, 3.8) is 0 Å². The van der Waals surface area contributed by atoms with E-state index in [0.717, 1.165) is 22.7 Å². The molecule has 116 valence electrons. The first-order valence-electron chi connectivity index (χ1n) is 6.88. The van der Waals surface area contributed by atoms with E-state index in [1.54, 1.807) is 19.2 Å². The Labute approximate surface area is 140 Å². The fourth-order valence-electron chi connectivity index (χ4n) is 1.85. The molecular formula is C17H16N4OS. The van der Waals surface area contributed by atoms with Crippen LogP contribution in [0.2, 0.25) is 0 Å². The Hall–Kier alpha value is -2.91. The highest BCUT2D eigenvalue weighted by Gasteiger charge is 2.01. The Kier molecular flexibility index (Phi) is 5.67. The van der Waals surface area contributed by atoms with Crippen LogP contribution in [0, 0.1) is 11.3 Å². The average Bonchev–Trinajstić information content (AvgIpc) is 2.60. The Balaban J connectivity index is 1.97. The second-order valence-corrected chi connectivity index (χ2v) is 5.09. The van der Waals surface area contributed by atoms with Crippen molar-refractivity contribution < 1.29 is 4.74 Å². The van der Waals surface area contributed by atoms with Crippen LogP contribution < -0.4 is 15.5 Å². The van der Waals surface area contributed by atoms with E-state index < -0.39 is 0 Å². The summed E-state index contributed by atoms with van der Waals surface area (Å²) in [4.78, 5) is 0. The third kappa shape index (κ3) is 4.80. The van der Waals surface area contributed by atoms with Crippen molar-refractivity contribution in [2.45, 2.75) is 6.92 Å². The lowest BCUT2D eigenvalue weighted by Crippen LogP contribution is -2.24. The number of benzene rings is 2. The SMILES string of the molecule is COc1cccc(NC(=S)NN=C(C)c2ccc(C#N)cc2)c1. The summed E-state index contributed by atoms with van der Waals surface area (Å²) in [6, 6.07) is 16.7. The summed E-state index contributed by atoms with van der Waals surface area (Å²) in [5, 5.41) is 16.4. The predicted octanol–water partition coefficient (Wildman–Crippen LogP) is 3.28. The molecule has 0 bridgehead atoms. The van der Waals surface area contributed by atoms with Crippen LogP contribution in [0.25, 0.3) is 0 Å². The Bertz CT molecular complexity index is 763. The summed E-state index contributed by atoms with van der Waals surface area (Å²) < 4.78 is 5.16. The summed E-state index contributed by atoms with van der Waals surface area (Å²) >= 11 is 5.21. The van der Waals surface area contributed by atoms with Crippen LogP contribution >= 0.6 is 12.2 Å². The van der Waals surface area contributed by atoms with Crippen LogP contribution in [0.1, 0.15) is 18.1 Å². The number of thiocarbonyl (C=S) groups is 1. The lowest BCUT2D eigenvalue weighted by atomic mass is 10.1. The van der Waals surface area contributed by atoms with Gasteiger partial charge in [0.05, 0.1) is 24.5 Å². The molecule has 0 amide bonds. The molecule has 0 atom stereocenters. The second kappa shape index (κ2) is 7.92. The van der Waals surface area contributed by atoms with Crippen LogP contribution in [0.15, 0.2) is 53.6 Å². The Morgan fingerprint density at radius 3 is 2.61 bits per heavy atom. The van der Waals surface area contributed by atoms with Crippen molar-refractivity contribution in [1.82, 2.24) is 5.43 Å². The summed E-state index contributed by atoms with van der Waals surface area (Å²) in [6.45, 7) is 1.86. The molecule has 2 N–H and O–H groups in total. The van der Waals surface area contributed by atoms with E-state index in [1.807, 2.05) is 43.3 Å². The highest BCUT2D eigenvalue weighted by Crippen LogP contribution is 2.16. The lowest BCUT2D eigenvalue weighted by Gasteiger charge is -2.09. The number of nitriles is 1. The molecule has 0 spiro atoms. The second-order valence-electron chi connectivity index (χ2n) is 4.68. The number of methoxy groups -OCH3 is 1. The summed E-state index contributed by atoms with van der Waals surface area (Å²) in [7, 11) is 1.61. The molecule has 0 fully saturated rings. The normalized spacial score (nSPS) is 10.6. The molecule has 0 unspecified atom stereocenters. The monoisotopic (exact) mass is 324 g/mol. The molecule has 0 aromatic heterocycles. The fourth-order valence-corrected chi connectivity index (χ4v) is 2.01. The van der Waals surface area contributed by atoms with Crippen LogP contribution in [0.3, 0.4) is 0 Å². The van der Waals surface area contributed by atoms with Crippen LogP contribution in [0.5, 0.6) is 5.75 Å². The van der Waals surface area contributed by atoms with Gasteiger partial charge in [0.2, 0.25) is 0 Å². The molecule has 2 aromatic carbocycles. The topological polar surface area (TPSA) is 69.4 Å². The maximum atomic E-state index is 8.79. The van der Waals surface area contributed by atoms with Crippen molar-refractivity contribution in [2.24, 2.45) is 5.10 Å². The standard InChI is InChI=1S/C17H16N4OS/c1-12(14-8-6-13(11-18)7-9-14)20-21-17(23)19-15-4-3-5-16(10-15)22-2/h3-10H,1-2H3,(H2,19,21,23). The van der Waals surface area contributed by atoms with Gasteiger partial charge in [0.1, 0.15) is 5.75 Å². The number of hydrogen-bond donors (Lipinski definition) is 2. The molecule has 0 aliphatic rings. The number of nitrogens with zero attached hydrogens (tertiary/aromatic N) is 2. The maximum absolute atomic E-state index is 8.79. The van der Waals surface area contributed by atoms with Crippen LogP contribution in [-0.2, 0) is 0 Å². The minimum absolute atomic E-state index is 0.381. The molecule has 0 saturated carbocycles. The predicted molar refractivity (Wildman–Crippen MR) is 95.7 cm³/mol. The van der Waals surface area contributed by atoms with Crippen LogP contribution in [-0.4, -0.2) is 17.9 Å². The summed E-state index contributed by atoms with van der Waals surface area (Å²) in [6.07, 6.45) is 0. The quantitative estimate of drug-likeness (QED) is 0.513. The first-order chi connectivity index (χ1) is 11.1. The van der Waals surface area contributed by atoms with E-state index in [9.17, 15) is 0 Å². The molecule has 0 radical (unpaired) electrons. The van der Waals surface area contributed by atoms with E-state index in [0.29, 0.717) is 10.7 Å². The maximum Gasteiger partial charge on any atom is 0.191 e. The van der Waals surface area contributed by atoms with E-state index >= 15 is 0 Å². The largest absolute Gasteiger partial charge is 0.497 e. The average molecular weight is 324 g/mol. The van der Waals surface area contributed by atoms with Gasteiger partial charge in [-0.25, -0.2) is 0 Å². The molecule has 23 heavy (non-hydrogen) atoms.